The van der Waals surface area contributed by atoms with Gasteiger partial charge in [-0.05, 0) is 53.3 Å². The summed E-state index contributed by atoms with van der Waals surface area (Å²) in [5, 5.41) is 0. The Morgan fingerprint density at radius 3 is 1.83 bits per heavy atom. The summed E-state index contributed by atoms with van der Waals surface area (Å²) in [5.41, 5.74) is 2.36. The third kappa shape index (κ3) is 4.51. The molecule has 29 heavy (non-hydrogen) atoms. The minimum atomic E-state index is -0.123. The van der Waals surface area contributed by atoms with Gasteiger partial charge < -0.3 is 23.7 Å². The van der Waals surface area contributed by atoms with E-state index >= 15 is 0 Å². The zero-order valence-corrected chi connectivity index (χ0v) is 19.2. The Labute approximate surface area is 181 Å². The van der Waals surface area contributed by atoms with Crippen LogP contribution < -0.4 is 23.7 Å². The van der Waals surface area contributed by atoms with Gasteiger partial charge in [0.1, 0.15) is 0 Å². The molecule has 0 saturated carbocycles. The van der Waals surface area contributed by atoms with Crippen LogP contribution in [0, 0.1) is 0 Å². The Morgan fingerprint density at radius 2 is 1.31 bits per heavy atom. The summed E-state index contributed by atoms with van der Waals surface area (Å²) in [6, 6.07) is 10.3. The third-order valence-electron chi connectivity index (χ3n) is 4.94. The summed E-state index contributed by atoms with van der Waals surface area (Å²) in [7, 11) is 8.25. The summed E-state index contributed by atoms with van der Waals surface area (Å²) in [6.45, 7) is 0. The average Bonchev–Trinajstić information content (AvgIpc) is 2.78. The van der Waals surface area contributed by atoms with E-state index in [-0.39, 0.29) is 4.08 Å². The van der Waals surface area contributed by atoms with E-state index in [2.05, 4.69) is 12.1 Å². The molecule has 5 nitrogen and oxygen atoms in total. The monoisotopic (exact) mass is 436 g/mol. The molecule has 158 valence electrons. The number of hydrogen-bond donors (Lipinski definition) is 0. The first-order valence-electron chi connectivity index (χ1n) is 9.40. The number of methoxy groups -OCH3 is 5. The quantitative estimate of drug-likeness (QED) is 0.577. The highest BCUT2D eigenvalue weighted by Gasteiger charge is 2.37. The first-order valence-corrected chi connectivity index (χ1v) is 11.4. The Kier molecular flexibility index (Phi) is 7.35. The molecule has 1 fully saturated rings. The molecule has 1 saturated heterocycles. The maximum absolute atomic E-state index is 5.57. The van der Waals surface area contributed by atoms with Crippen LogP contribution in [0.25, 0.3) is 0 Å². The lowest BCUT2D eigenvalue weighted by molar-refractivity contribution is 0.323. The Bertz CT molecular complexity index is 809. The van der Waals surface area contributed by atoms with Gasteiger partial charge in [-0.3, -0.25) is 0 Å². The highest BCUT2D eigenvalue weighted by Crippen LogP contribution is 2.54. The van der Waals surface area contributed by atoms with Crippen LogP contribution in [0.4, 0.5) is 0 Å². The van der Waals surface area contributed by atoms with E-state index in [0.29, 0.717) is 17.2 Å². The van der Waals surface area contributed by atoms with Crippen LogP contribution in [0.15, 0.2) is 30.3 Å². The Morgan fingerprint density at radius 1 is 0.724 bits per heavy atom. The van der Waals surface area contributed by atoms with Crippen LogP contribution in [-0.4, -0.2) is 47.1 Å². The van der Waals surface area contributed by atoms with Gasteiger partial charge in [-0.25, -0.2) is 0 Å². The first kappa shape index (κ1) is 21.8. The molecule has 2 aromatic carbocycles. The van der Waals surface area contributed by atoms with Gasteiger partial charge in [-0.1, -0.05) is 6.07 Å². The van der Waals surface area contributed by atoms with Gasteiger partial charge in [0, 0.05) is 6.42 Å². The lowest BCUT2D eigenvalue weighted by atomic mass is 10.0. The summed E-state index contributed by atoms with van der Waals surface area (Å²) in [5.74, 6) is 5.69. The van der Waals surface area contributed by atoms with Gasteiger partial charge in [-0.15, -0.1) is 23.5 Å². The van der Waals surface area contributed by atoms with Crippen molar-refractivity contribution in [2.45, 2.75) is 16.9 Å². The Balaban J connectivity index is 2.04. The molecule has 1 heterocycles. The molecule has 0 amide bonds. The molecule has 0 spiro atoms. The van der Waals surface area contributed by atoms with Crippen LogP contribution in [0.1, 0.15) is 17.5 Å². The van der Waals surface area contributed by atoms with Crippen molar-refractivity contribution >= 4 is 23.5 Å². The topological polar surface area (TPSA) is 46.2 Å². The van der Waals surface area contributed by atoms with E-state index < -0.39 is 0 Å². The maximum atomic E-state index is 5.57. The molecule has 0 aliphatic carbocycles. The van der Waals surface area contributed by atoms with Crippen molar-refractivity contribution in [3.05, 3.63) is 41.5 Å². The highest BCUT2D eigenvalue weighted by molar-refractivity contribution is 8.18. The smallest absolute Gasteiger partial charge is 0.203 e. The second-order valence-electron chi connectivity index (χ2n) is 6.58. The molecule has 7 heteroatoms. The largest absolute Gasteiger partial charge is 0.493 e. The summed E-state index contributed by atoms with van der Waals surface area (Å²) < 4.78 is 27.5. The van der Waals surface area contributed by atoms with Gasteiger partial charge in [0.15, 0.2) is 23.0 Å². The maximum Gasteiger partial charge on any atom is 0.203 e. The van der Waals surface area contributed by atoms with E-state index in [0.717, 1.165) is 35.0 Å². The normalized spacial score (nSPS) is 15.5. The fourth-order valence-corrected chi connectivity index (χ4v) is 6.90. The van der Waals surface area contributed by atoms with E-state index in [1.54, 1.807) is 35.5 Å². The molecule has 3 rings (SSSR count). The fraction of sp³-hybridized carbons (Fsp3) is 0.455. The number of benzene rings is 2. The highest BCUT2D eigenvalue weighted by atomic mass is 32.2. The molecule has 0 aromatic heterocycles. The van der Waals surface area contributed by atoms with Crippen molar-refractivity contribution in [1.82, 2.24) is 0 Å². The van der Waals surface area contributed by atoms with Crippen LogP contribution in [0.5, 0.6) is 28.7 Å². The van der Waals surface area contributed by atoms with Crippen LogP contribution in [0.3, 0.4) is 0 Å². The van der Waals surface area contributed by atoms with Gasteiger partial charge in [0.25, 0.3) is 0 Å². The molecular weight excluding hydrogens is 408 g/mol. The molecule has 2 aromatic rings. The molecule has 1 aliphatic heterocycles. The summed E-state index contributed by atoms with van der Waals surface area (Å²) in [4.78, 5) is 0. The lowest BCUT2D eigenvalue weighted by Crippen LogP contribution is -2.25. The molecule has 0 N–H and O–H groups in total. The summed E-state index contributed by atoms with van der Waals surface area (Å²) in [6.07, 6.45) is 2.04. The molecule has 0 unspecified atom stereocenters. The van der Waals surface area contributed by atoms with Crippen molar-refractivity contribution < 1.29 is 23.7 Å². The second kappa shape index (κ2) is 9.76. The molecular formula is C22H28O5S2. The van der Waals surface area contributed by atoms with Crippen molar-refractivity contribution in [2.75, 3.05) is 47.1 Å². The van der Waals surface area contributed by atoms with Crippen molar-refractivity contribution in [3.63, 3.8) is 0 Å². The number of hydrogen-bond acceptors (Lipinski definition) is 7. The van der Waals surface area contributed by atoms with Crippen molar-refractivity contribution in [3.8, 4) is 28.7 Å². The van der Waals surface area contributed by atoms with Crippen molar-refractivity contribution in [1.29, 1.82) is 0 Å². The molecule has 0 radical (unpaired) electrons. The Hall–Kier alpha value is -1.86. The van der Waals surface area contributed by atoms with Crippen molar-refractivity contribution in [2.24, 2.45) is 0 Å². The van der Waals surface area contributed by atoms with Gasteiger partial charge in [0.05, 0.1) is 39.6 Å². The SMILES string of the molecule is COc1ccc(C2(Cc3cc(OC)c(OC)c(OC)c3)SCCCS2)cc1OC. The first-order chi connectivity index (χ1) is 14.1. The lowest BCUT2D eigenvalue weighted by Gasteiger charge is -2.37. The average molecular weight is 437 g/mol. The predicted octanol–water partition coefficient (Wildman–Crippen LogP) is 5.00. The van der Waals surface area contributed by atoms with E-state index in [1.165, 1.54) is 12.0 Å². The zero-order chi connectivity index (χ0) is 20.9. The zero-order valence-electron chi connectivity index (χ0n) is 17.6. The van der Waals surface area contributed by atoms with E-state index in [1.807, 2.05) is 41.7 Å². The van der Waals surface area contributed by atoms with E-state index in [9.17, 15) is 0 Å². The molecule has 0 bridgehead atoms. The second-order valence-corrected chi connectivity index (χ2v) is 9.63. The summed E-state index contributed by atoms with van der Waals surface area (Å²) >= 11 is 3.96. The van der Waals surface area contributed by atoms with Gasteiger partial charge in [-0.2, -0.15) is 0 Å². The fourth-order valence-electron chi connectivity index (χ4n) is 3.52. The van der Waals surface area contributed by atoms with Crippen LogP contribution in [0.2, 0.25) is 0 Å². The number of thioether (sulfide) groups is 2. The number of ether oxygens (including phenoxy) is 5. The van der Waals surface area contributed by atoms with Gasteiger partial charge in [0.2, 0.25) is 5.75 Å². The van der Waals surface area contributed by atoms with Gasteiger partial charge >= 0.3 is 0 Å². The van der Waals surface area contributed by atoms with E-state index in [4.69, 9.17) is 23.7 Å². The standard InChI is InChI=1S/C22H28O5S2/c1-23-17-8-7-16(13-18(17)24-2)22(28-9-6-10-29-22)14-15-11-19(25-3)21(27-5)20(12-15)26-4/h7-8,11-13H,6,9-10,14H2,1-5H3. The van der Waals surface area contributed by atoms with Crippen LogP contribution in [-0.2, 0) is 10.5 Å². The number of rotatable bonds is 8. The molecule has 0 atom stereocenters. The predicted molar refractivity (Wildman–Crippen MR) is 121 cm³/mol. The minimum Gasteiger partial charge on any atom is -0.493 e. The third-order valence-corrected chi connectivity index (χ3v) is 8.33. The molecule has 1 aliphatic rings. The van der Waals surface area contributed by atoms with Crippen LogP contribution >= 0.6 is 23.5 Å². The minimum absolute atomic E-state index is 0.123.